The van der Waals surface area contributed by atoms with Crippen LogP contribution in [0, 0.1) is 0 Å². The quantitative estimate of drug-likeness (QED) is 0.0594. The average Bonchev–Trinajstić information content (AvgIpc) is 3.27. The van der Waals surface area contributed by atoms with E-state index in [0.717, 1.165) is 131 Å². The number of benzene rings is 3. The first kappa shape index (κ1) is 59.0. The highest BCUT2D eigenvalue weighted by Crippen LogP contribution is 2.71. The molecule has 69 heavy (non-hydrogen) atoms. The van der Waals surface area contributed by atoms with Gasteiger partial charge in [-0.2, -0.15) is 101 Å². The largest absolute Gasteiger partial charge is 0.494 e. The van der Waals surface area contributed by atoms with Crippen molar-refractivity contribution in [3.8, 4) is 5.75 Å². The molecule has 3 rings (SSSR count). The van der Waals surface area contributed by atoms with Crippen LogP contribution < -0.4 is 4.74 Å². The van der Waals surface area contributed by atoms with E-state index in [1.54, 1.807) is 0 Å². The normalized spacial score (nSPS) is 14.7. The first-order chi connectivity index (χ1) is 31.4. The Balaban J connectivity index is 2.07. The summed E-state index contributed by atoms with van der Waals surface area (Å²) in [6, 6.07) is 14.8. The molecule has 0 atom stereocenters. The Bertz CT molecular complexity index is 2070. The maximum Gasteiger partial charge on any atom is 0.460 e. The lowest BCUT2D eigenvalue weighted by atomic mass is 9.85. The predicted molar refractivity (Wildman–Crippen MR) is 201 cm³/mol. The van der Waals surface area contributed by atoms with E-state index in [-0.39, 0.29) is 12.4 Å². The van der Waals surface area contributed by atoms with Crippen molar-refractivity contribution >= 4 is 16.3 Å². The average molecular weight is 1060 g/mol. The molecule has 0 unspecified atom stereocenters. The summed E-state index contributed by atoms with van der Waals surface area (Å²) >= 11 is 0. The molecule has 27 heteroatoms. The number of halogens is 23. The second-order valence-electron chi connectivity index (χ2n) is 15.3. The van der Waals surface area contributed by atoms with Crippen LogP contribution in [0.3, 0.4) is 0 Å². The molecule has 0 aliphatic rings. The van der Waals surface area contributed by atoms with Crippen LogP contribution in [0.25, 0.3) is 0 Å². The van der Waals surface area contributed by atoms with Gasteiger partial charge in [-0.05, 0) is 65.3 Å². The lowest BCUT2D eigenvalue weighted by molar-refractivity contribution is -0.477. The van der Waals surface area contributed by atoms with E-state index in [1.165, 1.54) is 12.1 Å². The van der Waals surface area contributed by atoms with Gasteiger partial charge in [0, 0.05) is 14.7 Å². The lowest BCUT2D eigenvalue weighted by Gasteiger charge is -2.45. The summed E-state index contributed by atoms with van der Waals surface area (Å²) in [4.78, 5) is 11.7. The molecule has 392 valence electrons. The second kappa shape index (κ2) is 20.8. The van der Waals surface area contributed by atoms with Crippen molar-refractivity contribution in [1.29, 1.82) is 0 Å². The van der Waals surface area contributed by atoms with Crippen molar-refractivity contribution in [1.82, 2.24) is 0 Å². The SMILES string of the molecule is CCCCCCCCCCCCOc1ccc(S(OC(=O)C(F)(F)C(F)(F)C(F)(F)C(F)(F)C(F)(F)C(F)(F)C(F)(F)C(F)(F)C(F)(F)C(F)(F)C(F)(F)F)(c2ccccc2)c2ccccc2)cc1. The van der Waals surface area contributed by atoms with Crippen LogP contribution in [-0.4, -0.2) is 78.0 Å². The van der Waals surface area contributed by atoms with Gasteiger partial charge in [0.15, 0.2) is 0 Å². The van der Waals surface area contributed by atoms with Crippen LogP contribution >= 0.6 is 10.3 Å². The lowest BCUT2D eigenvalue weighted by Crippen LogP contribution is -2.78. The van der Waals surface area contributed by atoms with Gasteiger partial charge in [-0.15, -0.1) is 0 Å². The van der Waals surface area contributed by atoms with Crippen molar-refractivity contribution in [2.45, 2.75) is 151 Å². The third-order valence-corrected chi connectivity index (χ3v) is 13.6. The monoisotopic (exact) mass is 1060 g/mol. The Labute approximate surface area is 379 Å². The summed E-state index contributed by atoms with van der Waals surface area (Å²) in [5.74, 6) is -94.6. The molecular weight excluding hydrogens is 1020 g/mol. The number of hydrogen-bond acceptors (Lipinski definition) is 3. The summed E-state index contributed by atoms with van der Waals surface area (Å²) in [6.07, 6.45) is 1.44. The zero-order valence-corrected chi connectivity index (χ0v) is 36.0. The zero-order valence-electron chi connectivity index (χ0n) is 35.2. The number of carbonyl (C=O) groups is 1. The summed E-state index contributed by atoms with van der Waals surface area (Å²) in [6.45, 7) is 2.19. The van der Waals surface area contributed by atoms with E-state index in [2.05, 4.69) is 6.92 Å². The number of hydrogen-bond donors (Lipinski definition) is 0. The van der Waals surface area contributed by atoms with Gasteiger partial charge in [-0.1, -0.05) is 101 Å². The highest BCUT2D eigenvalue weighted by molar-refractivity contribution is 8.30. The molecule has 0 spiro atoms. The van der Waals surface area contributed by atoms with E-state index >= 15 is 17.6 Å². The van der Waals surface area contributed by atoms with Crippen molar-refractivity contribution in [2.75, 3.05) is 6.61 Å². The molecule has 3 aromatic rings. The second-order valence-corrected chi connectivity index (χ2v) is 18.0. The molecule has 0 amide bonds. The third-order valence-electron chi connectivity index (χ3n) is 10.4. The standard InChI is InChI=1S/C42H39F23O3S/c1-2-3-4-5-6-7-8-9-10-17-26-67-27-22-24-30(25-23-27)69(28-18-13-11-14-19-28,29-20-15-12-16-21-29)68-31(66)32(43,44)33(45,46)34(47,48)35(49,50)36(51,52)37(53,54)38(55,56)39(57,58)40(59,60)41(61,62)42(63,64)65/h11-16,18-25H,2-10,17,26H2,1H3. The molecule has 3 aromatic carbocycles. The summed E-state index contributed by atoms with van der Waals surface area (Å²) in [5.41, 5.74) is 0. The van der Waals surface area contributed by atoms with Gasteiger partial charge in [0.1, 0.15) is 5.75 Å². The van der Waals surface area contributed by atoms with Crippen LogP contribution in [0.5, 0.6) is 5.75 Å². The van der Waals surface area contributed by atoms with Crippen LogP contribution in [0.15, 0.2) is 99.6 Å². The first-order valence-corrected chi connectivity index (χ1v) is 21.7. The number of unbranched alkanes of at least 4 members (excludes halogenated alkanes) is 9. The molecule has 0 aromatic heterocycles. The highest BCUT2D eigenvalue weighted by Gasteiger charge is 2.99. The Morgan fingerprint density at radius 3 is 1.04 bits per heavy atom. The van der Waals surface area contributed by atoms with E-state index in [9.17, 15) is 88.2 Å². The Morgan fingerprint density at radius 1 is 0.391 bits per heavy atom. The van der Waals surface area contributed by atoms with E-state index in [0.29, 0.717) is 6.42 Å². The van der Waals surface area contributed by atoms with Gasteiger partial charge in [0.05, 0.1) is 6.61 Å². The van der Waals surface area contributed by atoms with Crippen molar-refractivity contribution in [2.24, 2.45) is 0 Å². The van der Waals surface area contributed by atoms with E-state index in [4.69, 9.17) is 8.92 Å². The Kier molecular flexibility index (Phi) is 17.8. The summed E-state index contributed by atoms with van der Waals surface area (Å²) in [5, 5.41) is 0. The zero-order chi connectivity index (χ0) is 53.0. The first-order valence-electron chi connectivity index (χ1n) is 20.1. The molecular formula is C42H39F23O3S. The van der Waals surface area contributed by atoms with Crippen molar-refractivity contribution in [3.63, 3.8) is 0 Å². The fourth-order valence-electron chi connectivity index (χ4n) is 6.33. The van der Waals surface area contributed by atoms with Crippen LogP contribution in [-0.2, 0) is 8.98 Å². The van der Waals surface area contributed by atoms with Crippen LogP contribution in [0.1, 0.15) is 71.1 Å². The van der Waals surface area contributed by atoms with Gasteiger partial charge in [0.25, 0.3) is 0 Å². The number of rotatable bonds is 26. The topological polar surface area (TPSA) is 35.5 Å². The number of ether oxygens (including phenoxy) is 1. The molecule has 0 radical (unpaired) electrons. The molecule has 0 aliphatic carbocycles. The van der Waals surface area contributed by atoms with Crippen molar-refractivity contribution in [3.05, 3.63) is 84.9 Å². The van der Waals surface area contributed by atoms with E-state index < -0.39 is 96.4 Å². The van der Waals surface area contributed by atoms with Gasteiger partial charge < -0.3 is 8.92 Å². The van der Waals surface area contributed by atoms with Crippen molar-refractivity contribution < 1.29 is 115 Å². The molecule has 0 N–H and O–H groups in total. The summed E-state index contributed by atoms with van der Waals surface area (Å²) < 4.78 is 336. The van der Waals surface area contributed by atoms with Gasteiger partial charge in [-0.25, -0.2) is 4.79 Å². The van der Waals surface area contributed by atoms with Crippen LogP contribution in [0.4, 0.5) is 101 Å². The number of alkyl halides is 23. The maximum atomic E-state index is 15.6. The molecule has 0 bridgehead atoms. The molecule has 0 saturated carbocycles. The van der Waals surface area contributed by atoms with Gasteiger partial charge in [0.2, 0.25) is 0 Å². The minimum atomic E-state index is -9.57. The smallest absolute Gasteiger partial charge is 0.460 e. The minimum absolute atomic E-state index is 0.0352. The summed E-state index contributed by atoms with van der Waals surface area (Å²) in [7, 11) is -4.46. The molecule has 0 saturated heterocycles. The third kappa shape index (κ3) is 10.3. The fraction of sp³-hybridized carbons (Fsp3) is 0.548. The predicted octanol–water partition coefficient (Wildman–Crippen LogP) is 16.6. The van der Waals surface area contributed by atoms with Gasteiger partial charge >= 0.3 is 71.4 Å². The Hall–Kier alpha value is -4.33. The molecule has 0 fully saturated rings. The maximum absolute atomic E-state index is 15.6. The highest BCUT2D eigenvalue weighted by atomic mass is 32.3. The molecule has 0 heterocycles. The van der Waals surface area contributed by atoms with Crippen LogP contribution in [0.2, 0.25) is 0 Å². The Morgan fingerprint density at radius 2 is 0.696 bits per heavy atom. The molecule has 3 nitrogen and oxygen atoms in total. The van der Waals surface area contributed by atoms with Gasteiger partial charge in [-0.3, -0.25) is 0 Å². The number of carbonyl (C=O) groups excluding carboxylic acids is 1. The van der Waals surface area contributed by atoms with E-state index in [1.807, 2.05) is 0 Å². The fourth-order valence-corrected chi connectivity index (χ4v) is 9.37. The minimum Gasteiger partial charge on any atom is -0.494 e. The molecule has 0 aliphatic heterocycles.